The van der Waals surface area contributed by atoms with Gasteiger partial charge < -0.3 is 19.8 Å². The molecule has 0 atom stereocenters. The summed E-state index contributed by atoms with van der Waals surface area (Å²) in [4.78, 5) is 29.0. The summed E-state index contributed by atoms with van der Waals surface area (Å²) >= 11 is 6.66. The molecule has 9 heteroatoms. The Morgan fingerprint density at radius 1 is 1.16 bits per heavy atom. The third-order valence-electron chi connectivity index (χ3n) is 4.70. The summed E-state index contributed by atoms with van der Waals surface area (Å²) in [6.45, 7) is 6.62. The summed E-state index contributed by atoms with van der Waals surface area (Å²) in [5.74, 6) is 0.751. The van der Waals surface area contributed by atoms with Gasteiger partial charge in [0.05, 0.1) is 29.8 Å². The molecular formula is C22H21N3O4S2. The number of carbonyl (C=O) groups is 1. The molecule has 0 unspecified atom stereocenters. The number of hydrogen-bond donors (Lipinski definition) is 2. The lowest BCUT2D eigenvalue weighted by atomic mass is 10.1. The Morgan fingerprint density at radius 3 is 2.68 bits per heavy atom. The van der Waals surface area contributed by atoms with Crippen molar-refractivity contribution in [3.63, 3.8) is 0 Å². The molecule has 31 heavy (non-hydrogen) atoms. The summed E-state index contributed by atoms with van der Waals surface area (Å²) in [7, 11) is 0. The molecule has 0 aliphatic rings. The number of rotatable bonds is 6. The number of amides is 1. The van der Waals surface area contributed by atoms with E-state index in [1.807, 2.05) is 32.9 Å². The minimum absolute atomic E-state index is 0.270. The smallest absolute Gasteiger partial charge is 0.269 e. The highest BCUT2D eigenvalue weighted by molar-refractivity contribution is 7.73. The molecule has 0 saturated carbocycles. The van der Waals surface area contributed by atoms with Crippen molar-refractivity contribution in [3.05, 3.63) is 61.1 Å². The molecule has 4 rings (SSSR count). The van der Waals surface area contributed by atoms with E-state index in [4.69, 9.17) is 21.7 Å². The lowest BCUT2D eigenvalue weighted by molar-refractivity contribution is 0.103. The zero-order chi connectivity index (χ0) is 22.1. The quantitative estimate of drug-likeness (QED) is 0.403. The van der Waals surface area contributed by atoms with Crippen LogP contribution in [0.5, 0.6) is 11.5 Å². The maximum atomic E-state index is 13.2. The SMILES string of the molecule is CCOc1ccc(OCC)c(NC(=O)c2sc(=S)n3c2[nH]c(=O)c2cc(C)ccc23)c1. The van der Waals surface area contributed by atoms with Crippen LogP contribution in [-0.4, -0.2) is 28.5 Å². The van der Waals surface area contributed by atoms with Gasteiger partial charge in [-0.25, -0.2) is 0 Å². The van der Waals surface area contributed by atoms with Crippen molar-refractivity contribution in [1.82, 2.24) is 9.38 Å². The number of benzene rings is 2. The summed E-state index contributed by atoms with van der Waals surface area (Å²) < 4.78 is 13.4. The second-order valence-electron chi connectivity index (χ2n) is 6.83. The first-order chi connectivity index (χ1) is 14.9. The standard InChI is InChI=1S/C22H21N3O4S2/c1-4-28-13-7-9-17(29-5-2)15(11-13)23-21(27)18-19-24-20(26)14-10-12(3)6-8-16(14)25(19)22(30)31-18/h6-11H,4-5H2,1-3H3,(H,23,27)(H,24,26). The highest BCUT2D eigenvalue weighted by atomic mass is 32.1. The largest absolute Gasteiger partial charge is 0.494 e. The number of hydrogen-bond acceptors (Lipinski definition) is 6. The molecule has 4 aromatic rings. The minimum Gasteiger partial charge on any atom is -0.494 e. The summed E-state index contributed by atoms with van der Waals surface area (Å²) in [5.41, 5.74) is 2.21. The molecule has 2 N–H and O–H groups in total. The summed E-state index contributed by atoms with van der Waals surface area (Å²) in [6, 6.07) is 10.8. The van der Waals surface area contributed by atoms with Gasteiger partial charge in [-0.15, -0.1) is 0 Å². The van der Waals surface area contributed by atoms with E-state index in [0.29, 0.717) is 55.8 Å². The van der Waals surface area contributed by atoms with Gasteiger partial charge in [-0.3, -0.25) is 14.0 Å². The van der Waals surface area contributed by atoms with Crippen LogP contribution in [0.1, 0.15) is 29.1 Å². The highest BCUT2D eigenvalue weighted by Gasteiger charge is 2.20. The number of fused-ring (bicyclic) bond motifs is 3. The molecule has 0 radical (unpaired) electrons. The molecule has 0 fully saturated rings. The van der Waals surface area contributed by atoms with Crippen LogP contribution in [0.3, 0.4) is 0 Å². The molecule has 160 valence electrons. The highest BCUT2D eigenvalue weighted by Crippen LogP contribution is 2.31. The van der Waals surface area contributed by atoms with E-state index in [2.05, 4.69) is 10.3 Å². The Hall–Kier alpha value is -3.17. The van der Waals surface area contributed by atoms with E-state index in [-0.39, 0.29) is 5.56 Å². The zero-order valence-electron chi connectivity index (χ0n) is 17.3. The van der Waals surface area contributed by atoms with Crippen LogP contribution in [-0.2, 0) is 0 Å². The van der Waals surface area contributed by atoms with Crippen LogP contribution < -0.4 is 20.3 Å². The van der Waals surface area contributed by atoms with Crippen LogP contribution in [0.25, 0.3) is 16.6 Å². The lowest BCUT2D eigenvalue weighted by Gasteiger charge is -2.13. The Kier molecular flexibility index (Phi) is 5.79. The molecule has 2 heterocycles. The third kappa shape index (κ3) is 3.94. The first-order valence-electron chi connectivity index (χ1n) is 9.82. The maximum Gasteiger partial charge on any atom is 0.269 e. The zero-order valence-corrected chi connectivity index (χ0v) is 18.9. The average Bonchev–Trinajstić information content (AvgIpc) is 3.07. The number of aryl methyl sites for hydroxylation is 1. The minimum atomic E-state index is -0.393. The van der Waals surface area contributed by atoms with Gasteiger partial charge in [0.15, 0.2) is 3.95 Å². The molecule has 1 amide bonds. The fourth-order valence-corrected chi connectivity index (χ4v) is 4.66. The normalized spacial score (nSPS) is 11.1. The molecular weight excluding hydrogens is 434 g/mol. The van der Waals surface area contributed by atoms with Crippen LogP contribution in [0.4, 0.5) is 5.69 Å². The van der Waals surface area contributed by atoms with Gasteiger partial charge in [0.25, 0.3) is 11.5 Å². The van der Waals surface area contributed by atoms with Gasteiger partial charge in [0.1, 0.15) is 22.0 Å². The fourth-order valence-electron chi connectivity index (χ4n) is 3.38. The van der Waals surface area contributed by atoms with Gasteiger partial charge in [-0.05, 0) is 57.3 Å². The number of anilines is 1. The second-order valence-corrected chi connectivity index (χ2v) is 8.48. The molecule has 0 spiro atoms. The van der Waals surface area contributed by atoms with Crippen LogP contribution in [0, 0.1) is 10.9 Å². The van der Waals surface area contributed by atoms with E-state index < -0.39 is 5.91 Å². The van der Waals surface area contributed by atoms with E-state index in [9.17, 15) is 9.59 Å². The number of carbonyl (C=O) groups excluding carboxylic acids is 1. The number of H-pyrrole nitrogens is 1. The van der Waals surface area contributed by atoms with E-state index >= 15 is 0 Å². The van der Waals surface area contributed by atoms with Gasteiger partial charge >= 0.3 is 0 Å². The molecule has 0 aliphatic carbocycles. The Bertz CT molecular complexity index is 1420. The van der Waals surface area contributed by atoms with Gasteiger partial charge in [0.2, 0.25) is 0 Å². The van der Waals surface area contributed by atoms with E-state index in [1.54, 1.807) is 28.7 Å². The van der Waals surface area contributed by atoms with Crippen molar-refractivity contribution >= 4 is 51.7 Å². The van der Waals surface area contributed by atoms with Crippen molar-refractivity contribution < 1.29 is 14.3 Å². The predicted molar refractivity (Wildman–Crippen MR) is 126 cm³/mol. The van der Waals surface area contributed by atoms with Crippen molar-refractivity contribution in [2.24, 2.45) is 0 Å². The van der Waals surface area contributed by atoms with Crippen LogP contribution in [0.15, 0.2) is 41.2 Å². The lowest BCUT2D eigenvalue weighted by Crippen LogP contribution is -2.15. The molecule has 0 bridgehead atoms. The number of thiazole rings is 1. The Morgan fingerprint density at radius 2 is 1.94 bits per heavy atom. The topological polar surface area (TPSA) is 84.8 Å². The Labute approximate surface area is 187 Å². The molecule has 2 aromatic carbocycles. The number of ether oxygens (including phenoxy) is 2. The fraction of sp³-hybridized carbons (Fsp3) is 0.227. The van der Waals surface area contributed by atoms with Crippen LogP contribution >= 0.6 is 23.6 Å². The number of aromatic nitrogens is 2. The third-order valence-corrected chi connectivity index (χ3v) is 6.07. The molecule has 2 aromatic heterocycles. The molecule has 0 saturated heterocycles. The summed E-state index contributed by atoms with van der Waals surface area (Å²) in [5, 5.41) is 3.40. The van der Waals surface area contributed by atoms with Crippen LogP contribution in [0.2, 0.25) is 0 Å². The van der Waals surface area contributed by atoms with Gasteiger partial charge in [0, 0.05) is 6.07 Å². The Balaban J connectivity index is 1.81. The molecule has 0 aliphatic heterocycles. The van der Waals surface area contributed by atoms with E-state index in [1.165, 1.54) is 0 Å². The van der Waals surface area contributed by atoms with Gasteiger partial charge in [-0.2, -0.15) is 0 Å². The van der Waals surface area contributed by atoms with Crippen molar-refractivity contribution in [2.75, 3.05) is 18.5 Å². The van der Waals surface area contributed by atoms with Crippen molar-refractivity contribution in [2.45, 2.75) is 20.8 Å². The van der Waals surface area contributed by atoms with Crippen molar-refractivity contribution in [1.29, 1.82) is 0 Å². The number of aromatic amines is 1. The maximum absolute atomic E-state index is 13.2. The number of nitrogens with zero attached hydrogens (tertiary/aromatic N) is 1. The molecule has 7 nitrogen and oxygen atoms in total. The monoisotopic (exact) mass is 455 g/mol. The first-order valence-corrected chi connectivity index (χ1v) is 11.0. The average molecular weight is 456 g/mol. The van der Waals surface area contributed by atoms with Crippen molar-refractivity contribution in [3.8, 4) is 11.5 Å². The first kappa shape index (κ1) is 21.1. The van der Waals surface area contributed by atoms with Gasteiger partial charge in [-0.1, -0.05) is 23.0 Å². The van der Waals surface area contributed by atoms with E-state index in [0.717, 1.165) is 16.9 Å². The summed E-state index contributed by atoms with van der Waals surface area (Å²) in [6.07, 6.45) is 0. The number of nitrogens with one attached hydrogen (secondary N) is 2. The predicted octanol–water partition coefficient (Wildman–Crippen LogP) is 4.93. The second kappa shape index (κ2) is 8.52.